The van der Waals surface area contributed by atoms with Crippen molar-refractivity contribution in [2.24, 2.45) is 0 Å². The van der Waals surface area contributed by atoms with E-state index in [0.29, 0.717) is 5.75 Å². The second kappa shape index (κ2) is 5.08. The number of nitrogens with one attached hydrogen (secondary N) is 1. The standard InChI is InChI=1S/C15H18N2O/c1-10-7-8-13(11(2)15(10)18)17-12(3)14-6-4-5-9-16-14/h4-9,12,17-18H,1-3H3. The molecule has 2 aromatic rings. The molecule has 1 atom stereocenters. The molecule has 0 amide bonds. The molecule has 1 heterocycles. The van der Waals surface area contributed by atoms with Crippen LogP contribution in [-0.2, 0) is 0 Å². The molecule has 1 aromatic carbocycles. The third-order valence-electron chi connectivity index (χ3n) is 3.14. The highest BCUT2D eigenvalue weighted by molar-refractivity contribution is 5.59. The minimum absolute atomic E-state index is 0.104. The van der Waals surface area contributed by atoms with E-state index < -0.39 is 0 Å². The summed E-state index contributed by atoms with van der Waals surface area (Å²) in [6.45, 7) is 5.86. The van der Waals surface area contributed by atoms with Crippen LogP contribution in [0.3, 0.4) is 0 Å². The fraction of sp³-hybridized carbons (Fsp3) is 0.267. The van der Waals surface area contributed by atoms with Gasteiger partial charge < -0.3 is 10.4 Å². The first kappa shape index (κ1) is 12.4. The smallest absolute Gasteiger partial charge is 0.123 e. The van der Waals surface area contributed by atoms with E-state index in [-0.39, 0.29) is 6.04 Å². The van der Waals surface area contributed by atoms with Crippen LogP contribution in [0, 0.1) is 13.8 Å². The molecule has 0 fully saturated rings. The number of phenols is 1. The lowest BCUT2D eigenvalue weighted by Crippen LogP contribution is -2.09. The number of aromatic nitrogens is 1. The fourth-order valence-electron chi connectivity index (χ4n) is 1.93. The Kier molecular flexibility index (Phi) is 3.51. The fourth-order valence-corrected chi connectivity index (χ4v) is 1.93. The first-order valence-corrected chi connectivity index (χ1v) is 6.06. The van der Waals surface area contributed by atoms with Crippen LogP contribution in [0.15, 0.2) is 36.5 Å². The van der Waals surface area contributed by atoms with Crippen LogP contribution in [0.1, 0.15) is 29.8 Å². The second-order valence-corrected chi connectivity index (χ2v) is 4.52. The van der Waals surface area contributed by atoms with E-state index in [1.807, 2.05) is 44.2 Å². The molecule has 0 bridgehead atoms. The van der Waals surface area contributed by atoms with Gasteiger partial charge in [-0.1, -0.05) is 12.1 Å². The van der Waals surface area contributed by atoms with E-state index in [2.05, 4.69) is 17.2 Å². The van der Waals surface area contributed by atoms with E-state index in [1.54, 1.807) is 6.20 Å². The summed E-state index contributed by atoms with van der Waals surface area (Å²) in [5.41, 5.74) is 3.69. The Morgan fingerprint density at radius 1 is 1.17 bits per heavy atom. The van der Waals surface area contributed by atoms with Crippen LogP contribution >= 0.6 is 0 Å². The van der Waals surface area contributed by atoms with Gasteiger partial charge in [-0.25, -0.2) is 0 Å². The number of hydrogen-bond acceptors (Lipinski definition) is 3. The van der Waals surface area contributed by atoms with Crippen LogP contribution in [0.2, 0.25) is 0 Å². The van der Waals surface area contributed by atoms with Crippen molar-refractivity contribution in [3.8, 4) is 5.75 Å². The Balaban J connectivity index is 2.22. The first-order chi connectivity index (χ1) is 8.59. The third-order valence-corrected chi connectivity index (χ3v) is 3.14. The summed E-state index contributed by atoms with van der Waals surface area (Å²) in [5.74, 6) is 0.355. The maximum Gasteiger partial charge on any atom is 0.123 e. The second-order valence-electron chi connectivity index (χ2n) is 4.52. The van der Waals surface area contributed by atoms with Crippen molar-refractivity contribution in [3.63, 3.8) is 0 Å². The Morgan fingerprint density at radius 2 is 1.94 bits per heavy atom. The van der Waals surface area contributed by atoms with Crippen LogP contribution < -0.4 is 5.32 Å². The molecule has 1 unspecified atom stereocenters. The van der Waals surface area contributed by atoms with Gasteiger partial charge in [-0.3, -0.25) is 4.98 Å². The minimum atomic E-state index is 0.104. The molecule has 94 valence electrons. The Hall–Kier alpha value is -2.03. The summed E-state index contributed by atoms with van der Waals surface area (Å²) in [7, 11) is 0. The number of anilines is 1. The molecule has 0 aliphatic carbocycles. The average molecular weight is 242 g/mol. The zero-order valence-electron chi connectivity index (χ0n) is 10.9. The Morgan fingerprint density at radius 3 is 2.61 bits per heavy atom. The first-order valence-electron chi connectivity index (χ1n) is 6.06. The highest BCUT2D eigenvalue weighted by Gasteiger charge is 2.10. The lowest BCUT2D eigenvalue weighted by atomic mass is 10.1. The molecule has 0 saturated heterocycles. The number of aryl methyl sites for hydroxylation is 1. The third kappa shape index (κ3) is 2.45. The molecule has 0 spiro atoms. The topological polar surface area (TPSA) is 45.2 Å². The summed E-state index contributed by atoms with van der Waals surface area (Å²) >= 11 is 0. The van der Waals surface area contributed by atoms with Crippen molar-refractivity contribution in [1.82, 2.24) is 4.98 Å². The molecular formula is C15H18N2O. The van der Waals surface area contributed by atoms with Gasteiger partial charge in [-0.15, -0.1) is 0 Å². The van der Waals surface area contributed by atoms with Gasteiger partial charge in [0.25, 0.3) is 0 Å². The van der Waals surface area contributed by atoms with Crippen molar-refractivity contribution in [2.75, 3.05) is 5.32 Å². The quantitative estimate of drug-likeness (QED) is 0.864. The van der Waals surface area contributed by atoms with Crippen LogP contribution in [-0.4, -0.2) is 10.1 Å². The van der Waals surface area contributed by atoms with Crippen molar-refractivity contribution < 1.29 is 5.11 Å². The molecule has 0 radical (unpaired) electrons. The van der Waals surface area contributed by atoms with E-state index in [9.17, 15) is 5.11 Å². The number of phenolic OH excluding ortho intramolecular Hbond substituents is 1. The Labute approximate surface area is 108 Å². The monoisotopic (exact) mass is 242 g/mol. The maximum absolute atomic E-state index is 9.91. The number of nitrogens with zero attached hydrogens (tertiary/aromatic N) is 1. The van der Waals surface area contributed by atoms with Crippen LogP contribution in [0.4, 0.5) is 5.69 Å². The molecule has 3 heteroatoms. The molecule has 1 aromatic heterocycles. The summed E-state index contributed by atoms with van der Waals surface area (Å²) in [4.78, 5) is 4.32. The van der Waals surface area contributed by atoms with Crippen molar-refractivity contribution in [2.45, 2.75) is 26.8 Å². The van der Waals surface area contributed by atoms with E-state index in [4.69, 9.17) is 0 Å². The zero-order valence-corrected chi connectivity index (χ0v) is 10.9. The molecule has 0 aliphatic rings. The highest BCUT2D eigenvalue weighted by atomic mass is 16.3. The molecule has 18 heavy (non-hydrogen) atoms. The predicted molar refractivity (Wildman–Crippen MR) is 73.9 cm³/mol. The summed E-state index contributed by atoms with van der Waals surface area (Å²) in [5, 5.41) is 13.3. The lowest BCUT2D eigenvalue weighted by molar-refractivity contribution is 0.467. The highest BCUT2D eigenvalue weighted by Crippen LogP contribution is 2.30. The van der Waals surface area contributed by atoms with Crippen molar-refractivity contribution in [3.05, 3.63) is 53.3 Å². The van der Waals surface area contributed by atoms with Gasteiger partial charge in [-0.2, -0.15) is 0 Å². The molecular weight excluding hydrogens is 224 g/mol. The normalized spacial score (nSPS) is 12.2. The molecule has 0 saturated carbocycles. The Bertz CT molecular complexity index is 538. The van der Waals surface area contributed by atoms with Gasteiger partial charge in [0.2, 0.25) is 0 Å². The van der Waals surface area contributed by atoms with Gasteiger partial charge in [0, 0.05) is 17.4 Å². The number of aromatic hydroxyl groups is 1. The minimum Gasteiger partial charge on any atom is -0.507 e. The molecule has 2 N–H and O–H groups in total. The van der Waals surface area contributed by atoms with E-state index in [0.717, 1.165) is 22.5 Å². The van der Waals surface area contributed by atoms with Gasteiger partial charge in [0.1, 0.15) is 5.75 Å². The van der Waals surface area contributed by atoms with Crippen molar-refractivity contribution >= 4 is 5.69 Å². The SMILES string of the molecule is Cc1ccc(NC(C)c2ccccn2)c(C)c1O. The number of pyridine rings is 1. The lowest BCUT2D eigenvalue weighted by Gasteiger charge is -2.17. The van der Waals surface area contributed by atoms with Gasteiger partial charge >= 0.3 is 0 Å². The predicted octanol–water partition coefficient (Wildman–Crippen LogP) is 3.58. The van der Waals surface area contributed by atoms with E-state index in [1.165, 1.54) is 0 Å². The van der Waals surface area contributed by atoms with Gasteiger partial charge in [0.05, 0.1) is 11.7 Å². The largest absolute Gasteiger partial charge is 0.507 e. The molecule has 0 aliphatic heterocycles. The number of hydrogen-bond donors (Lipinski definition) is 2. The van der Waals surface area contributed by atoms with Gasteiger partial charge in [0.15, 0.2) is 0 Å². The van der Waals surface area contributed by atoms with E-state index >= 15 is 0 Å². The van der Waals surface area contributed by atoms with Crippen LogP contribution in [0.5, 0.6) is 5.75 Å². The number of rotatable bonds is 3. The van der Waals surface area contributed by atoms with Gasteiger partial charge in [-0.05, 0) is 44.5 Å². The zero-order chi connectivity index (χ0) is 13.1. The molecule has 3 nitrogen and oxygen atoms in total. The summed E-state index contributed by atoms with van der Waals surface area (Å²) in [6.07, 6.45) is 1.78. The number of benzene rings is 1. The maximum atomic E-state index is 9.91. The molecule has 2 rings (SSSR count). The van der Waals surface area contributed by atoms with Crippen molar-refractivity contribution in [1.29, 1.82) is 0 Å². The summed E-state index contributed by atoms with van der Waals surface area (Å²) < 4.78 is 0. The van der Waals surface area contributed by atoms with Crippen LogP contribution in [0.25, 0.3) is 0 Å². The average Bonchev–Trinajstić information content (AvgIpc) is 2.40. The summed E-state index contributed by atoms with van der Waals surface area (Å²) in [6, 6.07) is 9.87.